The van der Waals surface area contributed by atoms with Gasteiger partial charge in [-0.25, -0.2) is 0 Å². The predicted molar refractivity (Wildman–Crippen MR) is 81.3 cm³/mol. The van der Waals surface area contributed by atoms with Gasteiger partial charge in [0.2, 0.25) is 0 Å². The van der Waals surface area contributed by atoms with Gasteiger partial charge in [0.15, 0.2) is 0 Å². The summed E-state index contributed by atoms with van der Waals surface area (Å²) in [7, 11) is 0. The molecule has 0 saturated heterocycles. The first-order valence-corrected chi connectivity index (χ1v) is 7.46. The molecular weight excluding hydrogens is 272 g/mol. The third kappa shape index (κ3) is 3.06. The second kappa shape index (κ2) is 5.04. The van der Waals surface area contributed by atoms with Crippen molar-refractivity contribution in [3.05, 3.63) is 28.8 Å². The molecule has 0 bridgehead atoms. The number of hydrogen-bond donors (Lipinski definition) is 2. The van der Waals surface area contributed by atoms with Crippen molar-refractivity contribution in [2.24, 2.45) is 5.73 Å². The summed E-state index contributed by atoms with van der Waals surface area (Å²) in [6, 6.07) is 5.65. The minimum atomic E-state index is 0.376. The van der Waals surface area contributed by atoms with E-state index in [1.165, 1.54) is 12.8 Å². The molecular formula is C12H15ClN2S2. The summed E-state index contributed by atoms with van der Waals surface area (Å²) in [5.74, 6) is 0. The molecule has 0 amide bonds. The van der Waals surface area contributed by atoms with Crippen molar-refractivity contribution in [1.82, 2.24) is 0 Å². The lowest BCUT2D eigenvalue weighted by Gasteiger charge is -2.15. The number of benzene rings is 1. The second-order valence-corrected chi connectivity index (χ2v) is 6.42. The SMILES string of the molecule is CSC1(CNc2ccc(C(N)=S)cc2Cl)CC1. The highest BCUT2D eigenvalue weighted by Crippen LogP contribution is 2.47. The van der Waals surface area contributed by atoms with Crippen molar-refractivity contribution in [2.75, 3.05) is 18.1 Å². The van der Waals surface area contributed by atoms with Gasteiger partial charge < -0.3 is 11.1 Å². The van der Waals surface area contributed by atoms with Crippen molar-refractivity contribution in [1.29, 1.82) is 0 Å². The molecule has 3 N–H and O–H groups in total. The standard InChI is InChI=1S/C12H15ClN2S2/c1-17-12(4-5-12)7-15-10-3-2-8(11(14)16)6-9(10)13/h2-3,6,15H,4-5,7H2,1H3,(H2,14,16). The Bertz CT molecular complexity index is 444. The van der Waals surface area contributed by atoms with Crippen molar-refractivity contribution < 1.29 is 0 Å². The van der Waals surface area contributed by atoms with Crippen molar-refractivity contribution >= 4 is 46.3 Å². The highest BCUT2D eigenvalue weighted by molar-refractivity contribution is 8.00. The summed E-state index contributed by atoms with van der Waals surface area (Å²) < 4.78 is 0.422. The maximum Gasteiger partial charge on any atom is 0.104 e. The summed E-state index contributed by atoms with van der Waals surface area (Å²) in [4.78, 5) is 0.376. The van der Waals surface area contributed by atoms with E-state index in [-0.39, 0.29) is 0 Å². The van der Waals surface area contributed by atoms with Gasteiger partial charge in [-0.05, 0) is 37.3 Å². The van der Waals surface area contributed by atoms with Gasteiger partial charge in [-0.15, -0.1) is 0 Å². The molecule has 0 radical (unpaired) electrons. The van der Waals surface area contributed by atoms with Gasteiger partial charge in [-0.3, -0.25) is 0 Å². The van der Waals surface area contributed by atoms with E-state index < -0.39 is 0 Å². The molecule has 0 aliphatic heterocycles. The van der Waals surface area contributed by atoms with Crippen LogP contribution in [-0.2, 0) is 0 Å². The molecule has 1 aliphatic rings. The van der Waals surface area contributed by atoms with Crippen molar-refractivity contribution in [3.8, 4) is 0 Å². The van der Waals surface area contributed by atoms with Gasteiger partial charge >= 0.3 is 0 Å². The third-order valence-electron chi connectivity index (χ3n) is 3.10. The topological polar surface area (TPSA) is 38.0 Å². The normalized spacial score (nSPS) is 16.6. The van der Waals surface area contributed by atoms with Crippen molar-refractivity contribution in [2.45, 2.75) is 17.6 Å². The van der Waals surface area contributed by atoms with E-state index >= 15 is 0 Å². The maximum absolute atomic E-state index is 6.18. The quantitative estimate of drug-likeness (QED) is 0.815. The number of nitrogens with two attached hydrogens (primary N) is 1. The van der Waals surface area contributed by atoms with Crippen LogP contribution in [0.2, 0.25) is 5.02 Å². The Morgan fingerprint density at radius 1 is 1.59 bits per heavy atom. The number of halogens is 1. The lowest BCUT2D eigenvalue weighted by molar-refractivity contribution is 0.949. The Hall–Kier alpha value is -0.450. The highest BCUT2D eigenvalue weighted by atomic mass is 35.5. The summed E-state index contributed by atoms with van der Waals surface area (Å²) in [5, 5.41) is 4.07. The van der Waals surface area contributed by atoms with Crippen LogP contribution in [0.4, 0.5) is 5.69 Å². The zero-order valence-corrected chi connectivity index (χ0v) is 12.0. The Labute approximate surface area is 116 Å². The zero-order chi connectivity index (χ0) is 12.5. The molecule has 1 aromatic carbocycles. The Kier molecular flexibility index (Phi) is 3.85. The van der Waals surface area contributed by atoms with E-state index in [0.29, 0.717) is 14.8 Å². The van der Waals surface area contributed by atoms with Crippen LogP contribution in [0.25, 0.3) is 0 Å². The first-order chi connectivity index (χ1) is 8.06. The molecule has 1 saturated carbocycles. The maximum atomic E-state index is 6.18. The number of rotatable bonds is 5. The Morgan fingerprint density at radius 2 is 2.29 bits per heavy atom. The first-order valence-electron chi connectivity index (χ1n) is 5.45. The average Bonchev–Trinajstić information content (AvgIpc) is 3.08. The molecule has 92 valence electrons. The first kappa shape index (κ1) is 13.0. The van der Waals surface area contributed by atoms with E-state index in [1.54, 1.807) is 0 Å². The largest absolute Gasteiger partial charge is 0.389 e. The molecule has 0 atom stereocenters. The number of anilines is 1. The molecule has 17 heavy (non-hydrogen) atoms. The molecule has 1 fully saturated rings. The van der Waals surface area contributed by atoms with Gasteiger partial charge in [-0.2, -0.15) is 11.8 Å². The fourth-order valence-corrected chi connectivity index (χ4v) is 2.76. The lowest BCUT2D eigenvalue weighted by atomic mass is 10.2. The number of thioether (sulfide) groups is 1. The molecule has 0 unspecified atom stereocenters. The summed E-state index contributed by atoms with van der Waals surface area (Å²) in [5.41, 5.74) is 7.31. The van der Waals surface area contributed by atoms with Gasteiger partial charge in [-0.1, -0.05) is 23.8 Å². The summed E-state index contributed by atoms with van der Waals surface area (Å²) >= 11 is 13.0. The Balaban J connectivity index is 2.04. The molecule has 2 nitrogen and oxygen atoms in total. The zero-order valence-electron chi connectivity index (χ0n) is 9.63. The monoisotopic (exact) mass is 286 g/mol. The molecule has 0 heterocycles. The number of thiocarbonyl (C=S) groups is 1. The third-order valence-corrected chi connectivity index (χ3v) is 5.06. The predicted octanol–water partition coefficient (Wildman–Crippen LogP) is 3.28. The molecule has 0 spiro atoms. The van der Waals surface area contributed by atoms with Gasteiger partial charge in [0.1, 0.15) is 4.99 Å². The van der Waals surface area contributed by atoms with E-state index in [2.05, 4.69) is 11.6 Å². The van der Waals surface area contributed by atoms with E-state index in [0.717, 1.165) is 17.8 Å². The van der Waals surface area contributed by atoms with Crippen LogP contribution in [0.15, 0.2) is 18.2 Å². The van der Waals surface area contributed by atoms with Crippen molar-refractivity contribution in [3.63, 3.8) is 0 Å². The highest BCUT2D eigenvalue weighted by Gasteiger charge is 2.41. The van der Waals surface area contributed by atoms with Crippen LogP contribution in [0, 0.1) is 0 Å². The molecule has 1 aliphatic carbocycles. The van der Waals surface area contributed by atoms with Crippen LogP contribution in [0.5, 0.6) is 0 Å². The van der Waals surface area contributed by atoms with Gasteiger partial charge in [0.25, 0.3) is 0 Å². The minimum Gasteiger partial charge on any atom is -0.389 e. The van der Waals surface area contributed by atoms with Crippen LogP contribution in [-0.4, -0.2) is 22.5 Å². The molecule has 1 aromatic rings. The van der Waals surface area contributed by atoms with E-state index in [9.17, 15) is 0 Å². The van der Waals surface area contributed by atoms with E-state index in [4.69, 9.17) is 29.6 Å². The molecule has 5 heteroatoms. The number of hydrogen-bond acceptors (Lipinski definition) is 3. The van der Waals surface area contributed by atoms with Gasteiger partial charge in [0.05, 0.1) is 10.7 Å². The van der Waals surface area contributed by atoms with Gasteiger partial charge in [0, 0.05) is 16.9 Å². The van der Waals surface area contributed by atoms with Crippen LogP contribution >= 0.6 is 35.6 Å². The smallest absolute Gasteiger partial charge is 0.104 e. The molecule has 0 aromatic heterocycles. The van der Waals surface area contributed by atoms with Crippen LogP contribution in [0.1, 0.15) is 18.4 Å². The number of nitrogens with one attached hydrogen (secondary N) is 1. The average molecular weight is 287 g/mol. The van der Waals surface area contributed by atoms with Crippen LogP contribution in [0.3, 0.4) is 0 Å². The molecule has 2 rings (SSSR count). The Morgan fingerprint density at radius 3 is 2.76 bits per heavy atom. The fourth-order valence-electron chi connectivity index (χ4n) is 1.66. The fraction of sp³-hybridized carbons (Fsp3) is 0.417. The van der Waals surface area contributed by atoms with E-state index in [1.807, 2.05) is 30.0 Å². The summed E-state index contributed by atoms with van der Waals surface area (Å²) in [6.07, 6.45) is 4.72. The lowest BCUT2D eigenvalue weighted by Crippen LogP contribution is -2.17. The summed E-state index contributed by atoms with van der Waals surface area (Å²) in [6.45, 7) is 0.959. The van der Waals surface area contributed by atoms with Crippen LogP contribution < -0.4 is 11.1 Å². The minimum absolute atomic E-state index is 0.376. The second-order valence-electron chi connectivity index (χ2n) is 4.30.